The van der Waals surface area contributed by atoms with Gasteiger partial charge in [0.05, 0.1) is 16.9 Å². The van der Waals surface area contributed by atoms with Crippen LogP contribution in [0.1, 0.15) is 10.4 Å². The normalized spacial score (nSPS) is 8.44. The molecule has 2 rings (SSSR count). The van der Waals surface area contributed by atoms with E-state index in [0.717, 1.165) is 0 Å². The summed E-state index contributed by atoms with van der Waals surface area (Å²) in [5.41, 5.74) is 12.4. The Bertz CT molecular complexity index is 483. The number of anilines is 2. The van der Waals surface area contributed by atoms with Gasteiger partial charge < -0.3 is 16.6 Å². The number of para-hydroxylation sites is 3. The van der Waals surface area contributed by atoms with Crippen LogP contribution in [0.4, 0.5) is 11.4 Å². The number of rotatable bonds is 1. The molecule has 0 atom stereocenters. The Labute approximate surface area is 118 Å². The van der Waals surface area contributed by atoms with Crippen LogP contribution in [0.15, 0.2) is 48.5 Å². The molecule has 18 heavy (non-hydrogen) atoms. The Kier molecular flexibility index (Phi) is 7.40. The van der Waals surface area contributed by atoms with Gasteiger partial charge in [-0.3, -0.25) is 4.79 Å². The van der Waals surface area contributed by atoms with E-state index in [1.165, 1.54) is 6.07 Å². The quantitative estimate of drug-likeness (QED) is 0.427. The monoisotopic (exact) mass is 294 g/mol. The molecule has 0 fully saturated rings. The first-order valence-electron chi connectivity index (χ1n) is 4.98. The van der Waals surface area contributed by atoms with Crippen molar-refractivity contribution in [1.82, 2.24) is 0 Å². The molecule has 0 aliphatic rings. The second-order valence-electron chi connectivity index (χ2n) is 3.31. The number of benzene rings is 2. The molecule has 4 nitrogen and oxygen atoms in total. The molecule has 0 bridgehead atoms. The van der Waals surface area contributed by atoms with Gasteiger partial charge in [0.25, 0.3) is 0 Å². The Morgan fingerprint density at radius 2 is 1.33 bits per heavy atom. The smallest absolute Gasteiger partial charge is 0.153 e. The SMILES string of the molecule is Nc1ccccc1N.O=Cc1ccccc1O.[Zn]. The summed E-state index contributed by atoms with van der Waals surface area (Å²) in [7, 11) is 0. The standard InChI is InChI=1S/C7H6O2.C6H8N2.Zn/c8-5-6-3-1-2-4-7(6)9;7-5-3-1-2-4-6(5)8;/h1-5,9H;1-4H,7-8H2;. The van der Waals surface area contributed by atoms with Crippen molar-refractivity contribution in [2.75, 3.05) is 11.5 Å². The average Bonchev–Trinajstić information content (AvgIpc) is 2.34. The third-order valence-corrected chi connectivity index (χ3v) is 2.06. The summed E-state index contributed by atoms with van der Waals surface area (Å²) in [4.78, 5) is 10.1. The zero-order chi connectivity index (χ0) is 12.7. The number of nitrogens with two attached hydrogens (primary N) is 2. The van der Waals surface area contributed by atoms with Crippen LogP contribution in [-0.4, -0.2) is 11.4 Å². The molecule has 0 aliphatic carbocycles. The van der Waals surface area contributed by atoms with Crippen molar-refractivity contribution in [2.45, 2.75) is 0 Å². The van der Waals surface area contributed by atoms with Crippen molar-refractivity contribution < 1.29 is 29.4 Å². The number of nitrogen functional groups attached to an aromatic ring is 2. The van der Waals surface area contributed by atoms with Crippen molar-refractivity contribution >= 4 is 17.7 Å². The van der Waals surface area contributed by atoms with Crippen molar-refractivity contribution in [3.63, 3.8) is 0 Å². The number of phenols is 1. The molecule has 0 amide bonds. The van der Waals surface area contributed by atoms with Gasteiger partial charge in [0, 0.05) is 19.5 Å². The third-order valence-electron chi connectivity index (χ3n) is 2.06. The van der Waals surface area contributed by atoms with E-state index in [-0.39, 0.29) is 25.2 Å². The summed E-state index contributed by atoms with van der Waals surface area (Å²) in [6, 6.07) is 13.7. The largest absolute Gasteiger partial charge is 0.507 e. The molecule has 2 aromatic carbocycles. The topological polar surface area (TPSA) is 89.3 Å². The summed E-state index contributed by atoms with van der Waals surface area (Å²) in [5, 5.41) is 8.88. The van der Waals surface area contributed by atoms with Gasteiger partial charge >= 0.3 is 0 Å². The van der Waals surface area contributed by atoms with E-state index in [0.29, 0.717) is 23.2 Å². The predicted octanol–water partition coefficient (Wildman–Crippen LogP) is 2.05. The Balaban J connectivity index is 0.000000306. The van der Waals surface area contributed by atoms with Crippen LogP contribution in [-0.2, 0) is 19.5 Å². The van der Waals surface area contributed by atoms with E-state index in [2.05, 4.69) is 0 Å². The first-order chi connectivity index (χ1) is 8.15. The molecule has 0 radical (unpaired) electrons. The van der Waals surface area contributed by atoms with Gasteiger partial charge in [0.15, 0.2) is 6.29 Å². The molecule has 0 heterocycles. The maximum Gasteiger partial charge on any atom is 0.153 e. The van der Waals surface area contributed by atoms with E-state index in [9.17, 15) is 4.79 Å². The second-order valence-corrected chi connectivity index (χ2v) is 3.31. The fourth-order valence-electron chi connectivity index (χ4n) is 1.10. The first kappa shape index (κ1) is 16.1. The molecule has 0 saturated heterocycles. The zero-order valence-electron chi connectivity index (χ0n) is 9.91. The van der Waals surface area contributed by atoms with Crippen LogP contribution in [0, 0.1) is 0 Å². The number of carbonyl (C=O) groups is 1. The van der Waals surface area contributed by atoms with Crippen molar-refractivity contribution in [1.29, 1.82) is 0 Å². The molecule has 90 valence electrons. The molecular weight excluding hydrogens is 282 g/mol. The number of hydrogen-bond donors (Lipinski definition) is 3. The number of hydrogen-bond acceptors (Lipinski definition) is 4. The second kappa shape index (κ2) is 8.26. The first-order valence-corrected chi connectivity index (χ1v) is 4.98. The van der Waals surface area contributed by atoms with Crippen LogP contribution in [0.3, 0.4) is 0 Å². The van der Waals surface area contributed by atoms with Crippen molar-refractivity contribution in [3.8, 4) is 5.75 Å². The Hall–Kier alpha value is -1.87. The molecule has 0 aromatic heterocycles. The molecule has 2 aromatic rings. The summed E-state index contributed by atoms with van der Waals surface area (Å²) in [6.07, 6.45) is 0.620. The van der Waals surface area contributed by atoms with E-state index in [4.69, 9.17) is 16.6 Å². The predicted molar refractivity (Wildman–Crippen MR) is 68.8 cm³/mol. The van der Waals surface area contributed by atoms with Gasteiger partial charge in [-0.15, -0.1) is 0 Å². The van der Waals surface area contributed by atoms with E-state index >= 15 is 0 Å². The maximum absolute atomic E-state index is 10.1. The third kappa shape index (κ3) is 4.98. The Morgan fingerprint density at radius 3 is 1.67 bits per heavy atom. The van der Waals surface area contributed by atoms with Crippen LogP contribution < -0.4 is 11.5 Å². The average molecular weight is 296 g/mol. The van der Waals surface area contributed by atoms with Gasteiger partial charge in [0.1, 0.15) is 5.75 Å². The minimum absolute atomic E-state index is 0. The molecule has 0 unspecified atom stereocenters. The minimum Gasteiger partial charge on any atom is -0.507 e. The summed E-state index contributed by atoms with van der Waals surface area (Å²) < 4.78 is 0. The summed E-state index contributed by atoms with van der Waals surface area (Å²) >= 11 is 0. The number of aromatic hydroxyl groups is 1. The van der Waals surface area contributed by atoms with Gasteiger partial charge in [-0.2, -0.15) is 0 Å². The Morgan fingerprint density at radius 1 is 0.889 bits per heavy atom. The van der Waals surface area contributed by atoms with Crippen molar-refractivity contribution in [2.24, 2.45) is 0 Å². The molecule has 5 N–H and O–H groups in total. The van der Waals surface area contributed by atoms with Crippen LogP contribution >= 0.6 is 0 Å². The maximum atomic E-state index is 10.1. The van der Waals surface area contributed by atoms with Crippen LogP contribution in [0.5, 0.6) is 5.75 Å². The molecule has 0 spiro atoms. The molecular formula is C13H14N2O2Zn. The van der Waals surface area contributed by atoms with E-state index in [1.807, 2.05) is 12.1 Å². The fraction of sp³-hybridized carbons (Fsp3) is 0. The van der Waals surface area contributed by atoms with E-state index in [1.54, 1.807) is 30.3 Å². The summed E-state index contributed by atoms with van der Waals surface area (Å²) in [5.74, 6) is 0.0347. The number of phenolic OH excluding ortho intramolecular Hbond substituents is 1. The fourth-order valence-corrected chi connectivity index (χ4v) is 1.10. The van der Waals surface area contributed by atoms with Crippen molar-refractivity contribution in [3.05, 3.63) is 54.1 Å². The zero-order valence-corrected chi connectivity index (χ0v) is 12.9. The van der Waals surface area contributed by atoms with Gasteiger partial charge in [-0.05, 0) is 24.3 Å². The van der Waals surface area contributed by atoms with Crippen LogP contribution in [0.2, 0.25) is 0 Å². The van der Waals surface area contributed by atoms with E-state index < -0.39 is 0 Å². The van der Waals surface area contributed by atoms with Crippen LogP contribution in [0.25, 0.3) is 0 Å². The minimum atomic E-state index is 0. The molecule has 5 heteroatoms. The molecule has 0 aliphatic heterocycles. The number of aldehydes is 1. The van der Waals surface area contributed by atoms with Gasteiger partial charge in [-0.1, -0.05) is 24.3 Å². The number of carbonyl (C=O) groups excluding carboxylic acids is 1. The van der Waals surface area contributed by atoms with Gasteiger partial charge in [-0.25, -0.2) is 0 Å². The molecule has 0 saturated carbocycles. The summed E-state index contributed by atoms with van der Waals surface area (Å²) in [6.45, 7) is 0. The van der Waals surface area contributed by atoms with Gasteiger partial charge in [0.2, 0.25) is 0 Å².